The second kappa shape index (κ2) is 11.0. The molecule has 2 bridgehead atoms. The SMILES string of the molecule is CC(C)(SC1CC2CCC1C2)C(NC(=O)c1ccc2ccccc2c1OCc1ccc(C(F)(F)F)cc1)C(=O)O. The number of benzene rings is 3. The Labute approximate surface area is 235 Å². The van der Waals surface area contributed by atoms with E-state index in [1.165, 1.54) is 31.4 Å². The lowest BCUT2D eigenvalue weighted by molar-refractivity contribution is -0.140. The molecule has 5 nitrogen and oxygen atoms in total. The number of carbonyl (C=O) groups excluding carboxylic acids is 1. The Balaban J connectivity index is 1.38. The van der Waals surface area contributed by atoms with Crippen molar-refractivity contribution < 1.29 is 32.6 Å². The van der Waals surface area contributed by atoms with Crippen LogP contribution in [0.1, 0.15) is 61.0 Å². The highest BCUT2D eigenvalue weighted by Crippen LogP contribution is 2.52. The Morgan fingerprint density at radius 3 is 2.38 bits per heavy atom. The summed E-state index contributed by atoms with van der Waals surface area (Å²) in [5.41, 5.74) is -0.0937. The molecular formula is C31H32F3NO4S. The fourth-order valence-corrected chi connectivity index (χ4v) is 7.94. The molecule has 4 unspecified atom stereocenters. The van der Waals surface area contributed by atoms with E-state index in [0.29, 0.717) is 22.1 Å². The number of aliphatic carboxylic acids is 1. The molecular weight excluding hydrogens is 539 g/mol. The molecule has 1 amide bonds. The summed E-state index contributed by atoms with van der Waals surface area (Å²) in [6.45, 7) is 3.66. The van der Waals surface area contributed by atoms with Crippen molar-refractivity contribution in [2.75, 3.05) is 0 Å². The van der Waals surface area contributed by atoms with Crippen LogP contribution in [0.3, 0.4) is 0 Å². The highest BCUT2D eigenvalue weighted by Gasteiger charge is 2.46. The third-order valence-electron chi connectivity index (χ3n) is 8.13. The topological polar surface area (TPSA) is 75.6 Å². The van der Waals surface area contributed by atoms with E-state index in [2.05, 4.69) is 5.32 Å². The van der Waals surface area contributed by atoms with Gasteiger partial charge in [-0.3, -0.25) is 4.79 Å². The molecule has 2 fully saturated rings. The van der Waals surface area contributed by atoms with E-state index < -0.39 is 34.4 Å². The van der Waals surface area contributed by atoms with Gasteiger partial charge in [-0.2, -0.15) is 13.2 Å². The Morgan fingerprint density at radius 1 is 1.02 bits per heavy atom. The summed E-state index contributed by atoms with van der Waals surface area (Å²) in [5, 5.41) is 14.7. The number of thioether (sulfide) groups is 1. The van der Waals surface area contributed by atoms with Gasteiger partial charge in [0.1, 0.15) is 18.4 Å². The maximum atomic E-state index is 13.6. The molecule has 0 spiro atoms. The van der Waals surface area contributed by atoms with E-state index >= 15 is 0 Å². The first-order chi connectivity index (χ1) is 18.9. The molecule has 2 aliphatic carbocycles. The molecule has 0 aromatic heterocycles. The van der Waals surface area contributed by atoms with Crippen LogP contribution in [-0.2, 0) is 17.6 Å². The van der Waals surface area contributed by atoms with Crippen molar-refractivity contribution >= 4 is 34.4 Å². The van der Waals surface area contributed by atoms with E-state index in [9.17, 15) is 27.9 Å². The fraction of sp³-hybridized carbons (Fsp3) is 0.419. The van der Waals surface area contributed by atoms with Crippen molar-refractivity contribution in [2.24, 2.45) is 11.8 Å². The van der Waals surface area contributed by atoms with Crippen LogP contribution in [0.4, 0.5) is 13.2 Å². The van der Waals surface area contributed by atoms with Gasteiger partial charge in [0.2, 0.25) is 0 Å². The zero-order valence-electron chi connectivity index (χ0n) is 22.3. The Morgan fingerprint density at radius 2 is 1.75 bits per heavy atom. The predicted molar refractivity (Wildman–Crippen MR) is 150 cm³/mol. The Hall–Kier alpha value is -3.20. The molecule has 4 atom stereocenters. The second-order valence-corrected chi connectivity index (χ2v) is 13.2. The third kappa shape index (κ3) is 5.94. The molecule has 5 rings (SSSR count). The van der Waals surface area contributed by atoms with Gasteiger partial charge in [-0.15, -0.1) is 11.8 Å². The molecule has 2 aliphatic rings. The number of carboxylic acid groups (broad SMARTS) is 1. The number of carboxylic acids is 1. The maximum absolute atomic E-state index is 13.6. The van der Waals surface area contributed by atoms with Crippen LogP contribution in [0.15, 0.2) is 60.7 Å². The average molecular weight is 572 g/mol. The molecule has 0 heterocycles. The standard InChI is InChI=1S/C31H32F3NO4S/c1-30(2,40-25-16-19-7-10-21(25)15-19)27(29(37)38)35-28(36)24-14-11-20-5-3-4-6-23(20)26(24)39-17-18-8-12-22(13-9-18)31(32,33)34/h3-6,8-9,11-14,19,21,25,27H,7,10,15-17H2,1-2H3,(H,35,36)(H,37,38). The number of halogens is 3. The molecule has 0 aliphatic heterocycles. The molecule has 40 heavy (non-hydrogen) atoms. The van der Waals surface area contributed by atoms with Gasteiger partial charge < -0.3 is 15.2 Å². The Kier molecular flexibility index (Phi) is 7.79. The van der Waals surface area contributed by atoms with Crippen molar-refractivity contribution in [3.05, 3.63) is 77.4 Å². The molecule has 212 valence electrons. The van der Waals surface area contributed by atoms with Crippen LogP contribution in [0.25, 0.3) is 10.8 Å². The summed E-state index contributed by atoms with van der Waals surface area (Å²) in [4.78, 5) is 26.0. The van der Waals surface area contributed by atoms with Crippen LogP contribution >= 0.6 is 11.8 Å². The van der Waals surface area contributed by atoms with Gasteiger partial charge in [0, 0.05) is 15.4 Å². The monoisotopic (exact) mass is 571 g/mol. The Bertz CT molecular complexity index is 1410. The van der Waals surface area contributed by atoms with Gasteiger partial charge in [-0.25, -0.2) is 4.79 Å². The third-order valence-corrected chi connectivity index (χ3v) is 9.86. The molecule has 2 saturated carbocycles. The van der Waals surface area contributed by atoms with Gasteiger partial charge in [0.15, 0.2) is 0 Å². The van der Waals surface area contributed by atoms with Crippen molar-refractivity contribution in [2.45, 2.75) is 68.4 Å². The smallest absolute Gasteiger partial charge is 0.416 e. The first kappa shape index (κ1) is 28.3. The number of fused-ring (bicyclic) bond motifs is 3. The van der Waals surface area contributed by atoms with E-state index in [4.69, 9.17) is 4.74 Å². The van der Waals surface area contributed by atoms with Gasteiger partial charge in [0.25, 0.3) is 5.91 Å². The summed E-state index contributed by atoms with van der Waals surface area (Å²) >= 11 is 1.66. The highest BCUT2D eigenvalue weighted by molar-refractivity contribution is 8.01. The minimum Gasteiger partial charge on any atom is -0.487 e. The highest BCUT2D eigenvalue weighted by atomic mass is 32.2. The number of nitrogens with one attached hydrogen (secondary N) is 1. The maximum Gasteiger partial charge on any atom is 0.416 e. The fourth-order valence-electron chi connectivity index (χ4n) is 6.05. The number of carbonyl (C=O) groups is 2. The second-order valence-electron chi connectivity index (χ2n) is 11.3. The number of hydrogen-bond acceptors (Lipinski definition) is 4. The number of rotatable bonds is 9. The van der Waals surface area contributed by atoms with E-state index in [0.717, 1.165) is 29.9 Å². The van der Waals surface area contributed by atoms with Crippen molar-refractivity contribution in [1.29, 1.82) is 0 Å². The first-order valence-electron chi connectivity index (χ1n) is 13.4. The molecule has 2 N–H and O–H groups in total. The summed E-state index contributed by atoms with van der Waals surface area (Å²) < 4.78 is 44.2. The molecule has 0 saturated heterocycles. The summed E-state index contributed by atoms with van der Waals surface area (Å²) in [7, 11) is 0. The van der Waals surface area contributed by atoms with Gasteiger partial charge in [0.05, 0.1) is 11.1 Å². The lowest BCUT2D eigenvalue weighted by Gasteiger charge is -2.36. The minimum atomic E-state index is -4.44. The largest absolute Gasteiger partial charge is 0.487 e. The van der Waals surface area contributed by atoms with Gasteiger partial charge in [-0.1, -0.05) is 48.9 Å². The number of amides is 1. The zero-order chi connectivity index (χ0) is 28.7. The first-order valence-corrected chi connectivity index (χ1v) is 14.3. The molecule has 3 aromatic rings. The molecule has 9 heteroatoms. The van der Waals surface area contributed by atoms with Gasteiger partial charge in [-0.05, 0) is 74.1 Å². The lowest BCUT2D eigenvalue weighted by atomic mass is 10.00. The zero-order valence-corrected chi connectivity index (χ0v) is 23.1. The van der Waals surface area contributed by atoms with Crippen molar-refractivity contribution in [1.82, 2.24) is 5.32 Å². The quantitative estimate of drug-likeness (QED) is 0.282. The van der Waals surface area contributed by atoms with Crippen LogP contribution < -0.4 is 10.1 Å². The average Bonchev–Trinajstić information content (AvgIpc) is 3.52. The van der Waals surface area contributed by atoms with Crippen LogP contribution in [0.5, 0.6) is 5.75 Å². The van der Waals surface area contributed by atoms with Gasteiger partial charge >= 0.3 is 12.1 Å². The molecule has 0 radical (unpaired) electrons. The van der Waals surface area contributed by atoms with E-state index in [-0.39, 0.29) is 17.9 Å². The number of ether oxygens (including phenoxy) is 1. The van der Waals surface area contributed by atoms with Crippen LogP contribution in [0.2, 0.25) is 0 Å². The summed E-state index contributed by atoms with van der Waals surface area (Å²) in [6.07, 6.45) is 0.280. The van der Waals surface area contributed by atoms with Crippen molar-refractivity contribution in [3.8, 4) is 5.75 Å². The van der Waals surface area contributed by atoms with Crippen LogP contribution in [-0.4, -0.2) is 33.0 Å². The lowest BCUT2D eigenvalue weighted by Crippen LogP contribution is -2.53. The minimum absolute atomic E-state index is 0.0691. The number of hydrogen-bond donors (Lipinski definition) is 2. The van der Waals surface area contributed by atoms with E-state index in [1.807, 2.05) is 26.0 Å². The van der Waals surface area contributed by atoms with Crippen molar-refractivity contribution in [3.63, 3.8) is 0 Å². The summed E-state index contributed by atoms with van der Waals surface area (Å²) in [6, 6.07) is 14.2. The summed E-state index contributed by atoms with van der Waals surface area (Å²) in [5.74, 6) is -0.120. The normalized spacial score (nSPS) is 21.4. The number of alkyl halides is 3. The van der Waals surface area contributed by atoms with Crippen LogP contribution in [0, 0.1) is 11.8 Å². The van der Waals surface area contributed by atoms with E-state index in [1.54, 1.807) is 36.0 Å². The molecule has 3 aromatic carbocycles. The predicted octanol–water partition coefficient (Wildman–Crippen LogP) is 7.32.